The van der Waals surface area contributed by atoms with Crippen molar-refractivity contribution in [3.05, 3.63) is 29.6 Å². The quantitative estimate of drug-likeness (QED) is 0.804. The second kappa shape index (κ2) is 5.10. The number of ether oxygens (including phenoxy) is 1. The molecule has 1 N–H and O–H groups in total. The molecule has 112 valence electrons. The third-order valence-electron chi connectivity index (χ3n) is 3.65. The number of benzene rings is 1. The fourth-order valence-corrected chi connectivity index (χ4v) is 3.08. The van der Waals surface area contributed by atoms with Gasteiger partial charge in [-0.05, 0) is 37.1 Å². The number of hydrogen-bond donors (Lipinski definition) is 1. The van der Waals surface area contributed by atoms with E-state index in [1.807, 2.05) is 29.6 Å². The largest absolute Gasteiger partial charge is 0.497 e. The predicted octanol–water partition coefficient (Wildman–Crippen LogP) is 2.81. The Morgan fingerprint density at radius 2 is 2.14 bits per heavy atom. The Bertz CT molecular complexity index is 833. The van der Waals surface area contributed by atoms with Crippen LogP contribution in [0.3, 0.4) is 0 Å². The molecule has 0 unspecified atom stereocenters. The summed E-state index contributed by atoms with van der Waals surface area (Å²) in [6, 6.07) is 7.77. The Balaban J connectivity index is 1.65. The lowest BCUT2D eigenvalue weighted by Gasteiger charge is -2.02. The van der Waals surface area contributed by atoms with Crippen LogP contribution in [0.4, 0.5) is 5.95 Å². The van der Waals surface area contributed by atoms with Crippen LogP contribution in [0.25, 0.3) is 16.2 Å². The number of carbonyl (C=O) groups is 1. The van der Waals surface area contributed by atoms with E-state index in [1.165, 1.54) is 11.3 Å². The summed E-state index contributed by atoms with van der Waals surface area (Å²) in [5, 5.41) is 9.18. The molecule has 2 aromatic heterocycles. The lowest BCUT2D eigenvalue weighted by atomic mass is 10.2. The minimum Gasteiger partial charge on any atom is -0.497 e. The second-order valence-electron chi connectivity index (χ2n) is 5.24. The Hall–Kier alpha value is -2.41. The molecule has 0 bridgehead atoms. The number of methoxy groups -OCH3 is 1. The number of fused-ring (bicyclic) bond motifs is 1. The van der Waals surface area contributed by atoms with Crippen LogP contribution in [0.2, 0.25) is 0 Å². The Labute approximate surface area is 130 Å². The van der Waals surface area contributed by atoms with Gasteiger partial charge in [-0.3, -0.25) is 10.1 Å². The van der Waals surface area contributed by atoms with E-state index in [-0.39, 0.29) is 11.8 Å². The zero-order valence-corrected chi connectivity index (χ0v) is 12.8. The van der Waals surface area contributed by atoms with Crippen LogP contribution in [0, 0.1) is 5.92 Å². The molecule has 0 spiro atoms. The van der Waals surface area contributed by atoms with Gasteiger partial charge in [-0.1, -0.05) is 0 Å². The summed E-state index contributed by atoms with van der Waals surface area (Å²) in [6.45, 7) is 0. The van der Waals surface area contributed by atoms with Crippen molar-refractivity contribution >= 4 is 28.2 Å². The summed E-state index contributed by atoms with van der Waals surface area (Å²) in [7, 11) is 1.64. The fraction of sp³-hybridized carbons (Fsp3) is 0.267. The summed E-state index contributed by atoms with van der Waals surface area (Å²) in [5.74, 6) is 1.34. The lowest BCUT2D eigenvalue weighted by Crippen LogP contribution is -2.14. The molecule has 0 atom stereocenters. The normalized spacial score (nSPS) is 14.2. The number of hydrogen-bond acceptors (Lipinski definition) is 5. The van der Waals surface area contributed by atoms with Crippen molar-refractivity contribution in [1.82, 2.24) is 14.6 Å². The summed E-state index contributed by atoms with van der Waals surface area (Å²) >= 11 is 1.50. The maximum Gasteiger partial charge on any atom is 0.250 e. The molecule has 1 saturated carbocycles. The fourth-order valence-electron chi connectivity index (χ4n) is 2.25. The minimum absolute atomic E-state index is 0.0178. The lowest BCUT2D eigenvalue weighted by molar-refractivity contribution is -0.117. The molecular formula is C15H14N4O2S. The highest BCUT2D eigenvalue weighted by Gasteiger charge is 2.30. The Morgan fingerprint density at radius 3 is 2.82 bits per heavy atom. The summed E-state index contributed by atoms with van der Waals surface area (Å²) in [4.78, 5) is 16.9. The van der Waals surface area contributed by atoms with Gasteiger partial charge in [0.15, 0.2) is 0 Å². The van der Waals surface area contributed by atoms with Gasteiger partial charge in [-0.15, -0.1) is 16.4 Å². The highest BCUT2D eigenvalue weighted by Crippen LogP contribution is 2.31. The Kier molecular flexibility index (Phi) is 3.07. The van der Waals surface area contributed by atoms with E-state index in [9.17, 15) is 4.79 Å². The van der Waals surface area contributed by atoms with E-state index in [0.29, 0.717) is 5.95 Å². The van der Waals surface area contributed by atoms with Crippen LogP contribution in [0.1, 0.15) is 12.8 Å². The van der Waals surface area contributed by atoms with Crippen LogP contribution in [-0.2, 0) is 4.79 Å². The van der Waals surface area contributed by atoms with Crippen molar-refractivity contribution in [2.45, 2.75) is 12.8 Å². The van der Waals surface area contributed by atoms with Crippen molar-refractivity contribution in [2.75, 3.05) is 12.4 Å². The molecule has 1 aliphatic rings. The van der Waals surface area contributed by atoms with Gasteiger partial charge in [0.25, 0.3) is 0 Å². The molecule has 7 heteroatoms. The van der Waals surface area contributed by atoms with Crippen molar-refractivity contribution in [2.24, 2.45) is 5.92 Å². The first-order valence-electron chi connectivity index (χ1n) is 7.04. The average molecular weight is 314 g/mol. The molecule has 1 amide bonds. The molecule has 6 nitrogen and oxygen atoms in total. The van der Waals surface area contributed by atoms with Crippen LogP contribution in [0.5, 0.6) is 5.75 Å². The molecular weight excluding hydrogens is 300 g/mol. The van der Waals surface area contributed by atoms with E-state index in [2.05, 4.69) is 15.4 Å². The first kappa shape index (κ1) is 13.3. The van der Waals surface area contributed by atoms with Gasteiger partial charge >= 0.3 is 0 Å². The molecule has 0 aliphatic heterocycles. The van der Waals surface area contributed by atoms with Gasteiger partial charge in [0.1, 0.15) is 5.75 Å². The summed E-state index contributed by atoms with van der Waals surface area (Å²) in [5.41, 5.74) is 1.97. The van der Waals surface area contributed by atoms with Crippen molar-refractivity contribution in [3.63, 3.8) is 0 Å². The topological polar surface area (TPSA) is 68.5 Å². The molecule has 1 fully saturated rings. The smallest absolute Gasteiger partial charge is 0.250 e. The van der Waals surface area contributed by atoms with E-state index in [0.717, 1.165) is 34.8 Å². The SMILES string of the molecule is COc1ccc(-c2csc3nc(NC(=O)C4CC4)nn23)cc1. The summed E-state index contributed by atoms with van der Waals surface area (Å²) in [6.07, 6.45) is 1.93. The highest BCUT2D eigenvalue weighted by molar-refractivity contribution is 7.15. The van der Waals surface area contributed by atoms with Crippen LogP contribution < -0.4 is 10.1 Å². The second-order valence-corrected chi connectivity index (χ2v) is 6.08. The number of amides is 1. The third kappa shape index (κ3) is 2.33. The number of thiazole rings is 1. The monoisotopic (exact) mass is 314 g/mol. The highest BCUT2D eigenvalue weighted by atomic mass is 32.1. The maximum absolute atomic E-state index is 11.8. The summed E-state index contributed by atoms with van der Waals surface area (Å²) < 4.78 is 6.93. The average Bonchev–Trinajstić information content (AvgIpc) is 3.21. The van der Waals surface area contributed by atoms with Gasteiger partial charge in [-0.25, -0.2) is 4.52 Å². The molecule has 0 radical (unpaired) electrons. The van der Waals surface area contributed by atoms with Crippen molar-refractivity contribution in [1.29, 1.82) is 0 Å². The maximum atomic E-state index is 11.8. The van der Waals surface area contributed by atoms with Gasteiger partial charge in [0, 0.05) is 16.9 Å². The number of aromatic nitrogens is 3. The van der Waals surface area contributed by atoms with E-state index < -0.39 is 0 Å². The third-order valence-corrected chi connectivity index (χ3v) is 4.47. The first-order chi connectivity index (χ1) is 10.7. The number of carbonyl (C=O) groups excluding carboxylic acids is 1. The number of rotatable bonds is 4. The zero-order valence-electron chi connectivity index (χ0n) is 11.9. The molecule has 22 heavy (non-hydrogen) atoms. The predicted molar refractivity (Wildman–Crippen MR) is 84.2 cm³/mol. The van der Waals surface area contributed by atoms with Crippen molar-refractivity contribution < 1.29 is 9.53 Å². The standard InChI is InChI=1S/C15H14N4O2S/c1-21-11-6-4-9(5-7-11)12-8-22-15-17-14(18-19(12)15)16-13(20)10-2-3-10/h4-8,10H,2-3H2,1H3,(H,16,18,20). The van der Waals surface area contributed by atoms with Gasteiger partial charge < -0.3 is 4.74 Å². The Morgan fingerprint density at radius 1 is 1.36 bits per heavy atom. The van der Waals surface area contributed by atoms with Crippen LogP contribution in [0.15, 0.2) is 29.6 Å². The number of nitrogens with one attached hydrogen (secondary N) is 1. The molecule has 2 heterocycles. The number of nitrogens with zero attached hydrogens (tertiary/aromatic N) is 3. The van der Waals surface area contributed by atoms with E-state index >= 15 is 0 Å². The van der Waals surface area contributed by atoms with Gasteiger partial charge in [0.05, 0.1) is 12.8 Å². The molecule has 4 rings (SSSR count). The van der Waals surface area contributed by atoms with Crippen LogP contribution in [-0.4, -0.2) is 27.6 Å². The van der Waals surface area contributed by atoms with Crippen molar-refractivity contribution in [3.8, 4) is 17.0 Å². The van der Waals surface area contributed by atoms with Crippen LogP contribution >= 0.6 is 11.3 Å². The van der Waals surface area contributed by atoms with Gasteiger partial charge in [-0.2, -0.15) is 4.98 Å². The molecule has 0 saturated heterocycles. The number of anilines is 1. The first-order valence-corrected chi connectivity index (χ1v) is 7.92. The molecule has 1 aromatic carbocycles. The van der Waals surface area contributed by atoms with Gasteiger partial charge in [0.2, 0.25) is 16.8 Å². The van der Waals surface area contributed by atoms with E-state index in [4.69, 9.17) is 4.74 Å². The molecule has 3 aromatic rings. The minimum atomic E-state index is 0.0178. The zero-order chi connectivity index (χ0) is 15.1. The van der Waals surface area contributed by atoms with E-state index in [1.54, 1.807) is 11.6 Å². The molecule has 1 aliphatic carbocycles.